The van der Waals surface area contributed by atoms with Gasteiger partial charge in [-0.15, -0.1) is 0 Å². The highest BCUT2D eigenvalue weighted by molar-refractivity contribution is 6.47. The highest BCUT2D eigenvalue weighted by Gasteiger charge is 2.28. The van der Waals surface area contributed by atoms with Crippen molar-refractivity contribution in [3.05, 3.63) is 71.5 Å². The van der Waals surface area contributed by atoms with Gasteiger partial charge in [-0.1, -0.05) is 42.5 Å². The van der Waals surface area contributed by atoms with Crippen molar-refractivity contribution in [2.24, 2.45) is 4.99 Å². The Kier molecular flexibility index (Phi) is 2.93. The highest BCUT2D eigenvalue weighted by atomic mass is 16.1. The Morgan fingerprint density at radius 3 is 2.77 bits per heavy atom. The molecule has 4 rings (SSSR count). The van der Waals surface area contributed by atoms with E-state index in [1.807, 2.05) is 49.4 Å². The number of dihydropyridines is 1. The maximum atomic E-state index is 12.4. The Morgan fingerprint density at radius 2 is 1.91 bits per heavy atom. The van der Waals surface area contributed by atoms with E-state index in [2.05, 4.69) is 22.4 Å². The normalized spacial score (nSPS) is 20.7. The molecule has 22 heavy (non-hydrogen) atoms. The molecular weight excluding hydrogens is 272 g/mol. The summed E-state index contributed by atoms with van der Waals surface area (Å²) in [6, 6.07) is 14.2. The number of ketones is 1. The highest BCUT2D eigenvalue weighted by Crippen LogP contribution is 2.24. The molecule has 2 aromatic carbocycles. The molecule has 3 nitrogen and oxygen atoms in total. The number of carbonyl (C=O) groups is 1. The molecule has 0 spiro atoms. The molecule has 2 heterocycles. The first kappa shape index (κ1) is 13.0. The van der Waals surface area contributed by atoms with E-state index in [1.54, 1.807) is 0 Å². The quantitative estimate of drug-likeness (QED) is 0.874. The van der Waals surface area contributed by atoms with Crippen LogP contribution in [-0.2, 0) is 4.79 Å². The molecule has 108 valence electrons. The van der Waals surface area contributed by atoms with Gasteiger partial charge in [-0.2, -0.15) is 0 Å². The first-order valence-electron chi connectivity index (χ1n) is 7.45. The molecule has 2 aromatic rings. The van der Waals surface area contributed by atoms with Gasteiger partial charge in [-0.05, 0) is 35.4 Å². The summed E-state index contributed by atoms with van der Waals surface area (Å²) in [6.07, 6.45) is 4.34. The smallest absolute Gasteiger partial charge is 0.185 e. The summed E-state index contributed by atoms with van der Waals surface area (Å²) >= 11 is 0. The Balaban J connectivity index is 1.79. The minimum atomic E-state index is -0.107. The van der Waals surface area contributed by atoms with E-state index in [0.29, 0.717) is 12.1 Å². The number of hydrogen-bond acceptors (Lipinski definition) is 3. The van der Waals surface area contributed by atoms with Crippen LogP contribution in [0.1, 0.15) is 18.9 Å². The van der Waals surface area contributed by atoms with Crippen LogP contribution in [-0.4, -0.2) is 17.7 Å². The molecule has 0 saturated carbocycles. The van der Waals surface area contributed by atoms with Gasteiger partial charge in [-0.25, -0.2) is 0 Å². The van der Waals surface area contributed by atoms with E-state index in [4.69, 9.17) is 0 Å². The van der Waals surface area contributed by atoms with Crippen LogP contribution in [0.2, 0.25) is 0 Å². The lowest BCUT2D eigenvalue weighted by Crippen LogP contribution is -2.37. The lowest BCUT2D eigenvalue weighted by atomic mass is 9.93. The zero-order chi connectivity index (χ0) is 15.1. The van der Waals surface area contributed by atoms with Crippen molar-refractivity contribution in [1.82, 2.24) is 5.32 Å². The van der Waals surface area contributed by atoms with Crippen LogP contribution in [0.25, 0.3) is 10.8 Å². The molecule has 1 unspecified atom stereocenters. The van der Waals surface area contributed by atoms with Gasteiger partial charge < -0.3 is 5.32 Å². The average Bonchev–Trinajstić information content (AvgIpc) is 2.54. The lowest BCUT2D eigenvalue weighted by molar-refractivity contribution is -0.112. The third-order valence-corrected chi connectivity index (χ3v) is 4.17. The van der Waals surface area contributed by atoms with E-state index < -0.39 is 0 Å². The van der Waals surface area contributed by atoms with E-state index >= 15 is 0 Å². The Bertz CT molecular complexity index is 874. The second kappa shape index (κ2) is 4.95. The summed E-state index contributed by atoms with van der Waals surface area (Å²) in [5, 5.41) is 5.63. The summed E-state index contributed by atoms with van der Waals surface area (Å²) in [7, 11) is 0. The number of fused-ring (bicyclic) bond motifs is 2. The van der Waals surface area contributed by atoms with Crippen LogP contribution >= 0.6 is 0 Å². The fourth-order valence-corrected chi connectivity index (χ4v) is 2.99. The van der Waals surface area contributed by atoms with Crippen LogP contribution < -0.4 is 5.32 Å². The number of aliphatic imine (C=N–C) groups is 1. The number of Topliss-reactive ketones (excluding diaryl/α,β-unsaturated/α-hetero) is 1. The molecule has 0 bridgehead atoms. The van der Waals surface area contributed by atoms with Crippen molar-refractivity contribution in [2.45, 2.75) is 19.5 Å². The Morgan fingerprint density at radius 1 is 1.09 bits per heavy atom. The first-order chi connectivity index (χ1) is 10.7. The fraction of sp³-hybridized carbons (Fsp3) is 0.158. The number of nitrogens with zero attached hydrogens (tertiary/aromatic N) is 1. The number of allylic oxidation sites excluding steroid dienone is 3. The van der Waals surface area contributed by atoms with Gasteiger partial charge in [0.1, 0.15) is 11.9 Å². The summed E-state index contributed by atoms with van der Waals surface area (Å²) in [6.45, 7) is 2.01. The molecule has 0 amide bonds. The van der Waals surface area contributed by atoms with Crippen LogP contribution in [0.3, 0.4) is 0 Å². The molecule has 2 aliphatic heterocycles. The van der Waals surface area contributed by atoms with Gasteiger partial charge >= 0.3 is 0 Å². The van der Waals surface area contributed by atoms with Gasteiger partial charge in [0.15, 0.2) is 5.78 Å². The van der Waals surface area contributed by atoms with E-state index in [1.165, 1.54) is 5.39 Å². The standard InChI is InChI=1S/C19H16N2O/c1-12-6-7-16-11-17(22)18(21-19(16)20-12)15-9-8-13-4-2-3-5-14(13)10-15/h2-10,19-20H,11H2,1H3. The predicted octanol–water partition coefficient (Wildman–Crippen LogP) is 3.36. The van der Waals surface area contributed by atoms with Gasteiger partial charge in [0.2, 0.25) is 0 Å². The van der Waals surface area contributed by atoms with Crippen LogP contribution in [0.4, 0.5) is 0 Å². The Hall–Kier alpha value is -2.68. The molecule has 3 heteroatoms. The minimum Gasteiger partial charge on any atom is -0.364 e. The number of rotatable bonds is 1. The van der Waals surface area contributed by atoms with Gasteiger partial charge in [0, 0.05) is 17.7 Å². The Labute approximate surface area is 129 Å². The monoisotopic (exact) mass is 288 g/mol. The predicted molar refractivity (Wildman–Crippen MR) is 88.9 cm³/mol. The topological polar surface area (TPSA) is 41.5 Å². The lowest BCUT2D eigenvalue weighted by Gasteiger charge is -2.27. The molecule has 2 aliphatic rings. The molecule has 0 radical (unpaired) electrons. The second-order valence-corrected chi connectivity index (χ2v) is 5.78. The van der Waals surface area contributed by atoms with Crippen molar-refractivity contribution in [3.63, 3.8) is 0 Å². The molecule has 0 fully saturated rings. The van der Waals surface area contributed by atoms with Crippen molar-refractivity contribution >= 4 is 22.3 Å². The number of benzene rings is 2. The van der Waals surface area contributed by atoms with E-state index in [9.17, 15) is 4.79 Å². The maximum absolute atomic E-state index is 12.4. The summed E-state index contributed by atoms with van der Waals surface area (Å²) < 4.78 is 0. The molecule has 0 aliphatic carbocycles. The SMILES string of the molecule is CC1=CC=C2CC(=O)C(c3ccc4ccccc4c3)=NC2N1. The van der Waals surface area contributed by atoms with Crippen LogP contribution in [0.15, 0.2) is 70.9 Å². The largest absolute Gasteiger partial charge is 0.364 e. The molecule has 1 N–H and O–H groups in total. The van der Waals surface area contributed by atoms with Crippen LogP contribution in [0, 0.1) is 0 Å². The van der Waals surface area contributed by atoms with Crippen molar-refractivity contribution in [1.29, 1.82) is 0 Å². The van der Waals surface area contributed by atoms with Crippen LogP contribution in [0.5, 0.6) is 0 Å². The van der Waals surface area contributed by atoms with Crippen molar-refractivity contribution in [2.75, 3.05) is 0 Å². The van der Waals surface area contributed by atoms with E-state index in [0.717, 1.165) is 22.2 Å². The van der Waals surface area contributed by atoms with E-state index in [-0.39, 0.29) is 11.9 Å². The third kappa shape index (κ3) is 2.15. The fourth-order valence-electron chi connectivity index (χ4n) is 2.99. The minimum absolute atomic E-state index is 0.0903. The molecule has 0 aromatic heterocycles. The summed E-state index contributed by atoms with van der Waals surface area (Å²) in [5.41, 5.74) is 3.59. The molecular formula is C19H16N2O. The summed E-state index contributed by atoms with van der Waals surface area (Å²) in [4.78, 5) is 17.1. The zero-order valence-electron chi connectivity index (χ0n) is 12.3. The molecule has 1 atom stereocenters. The van der Waals surface area contributed by atoms with Gasteiger partial charge in [-0.3, -0.25) is 9.79 Å². The first-order valence-corrected chi connectivity index (χ1v) is 7.45. The van der Waals surface area contributed by atoms with Crippen molar-refractivity contribution in [3.8, 4) is 0 Å². The zero-order valence-corrected chi connectivity index (χ0v) is 12.3. The second-order valence-electron chi connectivity index (χ2n) is 5.78. The average molecular weight is 288 g/mol. The number of nitrogens with one attached hydrogen (secondary N) is 1. The maximum Gasteiger partial charge on any atom is 0.185 e. The summed E-state index contributed by atoms with van der Waals surface area (Å²) in [5.74, 6) is 0.0903. The molecule has 0 saturated heterocycles. The van der Waals surface area contributed by atoms with Gasteiger partial charge in [0.25, 0.3) is 0 Å². The number of carbonyl (C=O) groups excluding carboxylic acids is 1. The van der Waals surface area contributed by atoms with Gasteiger partial charge in [0.05, 0.1) is 0 Å². The number of hydrogen-bond donors (Lipinski definition) is 1. The van der Waals surface area contributed by atoms with Crippen molar-refractivity contribution < 1.29 is 4.79 Å². The third-order valence-electron chi connectivity index (χ3n) is 4.17.